The van der Waals surface area contributed by atoms with Gasteiger partial charge in [0.05, 0.1) is 17.5 Å². The quantitative estimate of drug-likeness (QED) is 0.819. The van der Waals surface area contributed by atoms with Crippen LogP contribution in [0.3, 0.4) is 0 Å². The smallest absolute Gasteiger partial charge is 0.410 e. The van der Waals surface area contributed by atoms with Crippen molar-refractivity contribution in [3.63, 3.8) is 0 Å². The van der Waals surface area contributed by atoms with E-state index >= 15 is 0 Å². The number of carbonyl (C=O) groups is 2. The Balaban J connectivity index is 2.11. The van der Waals surface area contributed by atoms with Gasteiger partial charge < -0.3 is 4.74 Å². The van der Waals surface area contributed by atoms with Crippen LogP contribution in [0.1, 0.15) is 25.3 Å². The molecular weight excluding hydrogens is 318 g/mol. The number of aryl methyl sites for hydroxylation is 1. The summed E-state index contributed by atoms with van der Waals surface area (Å²) in [6.45, 7) is 4.18. The van der Waals surface area contributed by atoms with Crippen molar-refractivity contribution < 1.29 is 22.7 Å². The number of benzene rings is 1. The Kier molecular flexibility index (Phi) is 5.41. The normalized spacial score (nSPS) is 18.0. The average Bonchev–Trinajstić information content (AvgIpc) is 2.97. The van der Waals surface area contributed by atoms with Gasteiger partial charge in [-0.1, -0.05) is 17.7 Å². The zero-order valence-corrected chi connectivity index (χ0v) is 14.1. The highest BCUT2D eigenvalue weighted by Gasteiger charge is 2.36. The molecular formula is C16H21NO5S. The van der Waals surface area contributed by atoms with Crippen LogP contribution in [0.4, 0.5) is 4.79 Å². The Morgan fingerprint density at radius 3 is 2.52 bits per heavy atom. The lowest BCUT2D eigenvalue weighted by Gasteiger charge is -2.22. The first-order valence-corrected chi connectivity index (χ1v) is 9.26. The maximum absolute atomic E-state index is 12.4. The Hall–Kier alpha value is -1.89. The first kappa shape index (κ1) is 17.5. The van der Waals surface area contributed by atoms with E-state index in [0.717, 1.165) is 5.56 Å². The highest BCUT2D eigenvalue weighted by atomic mass is 32.2. The van der Waals surface area contributed by atoms with Crippen LogP contribution in [-0.2, 0) is 19.4 Å². The first-order valence-electron chi connectivity index (χ1n) is 7.60. The van der Waals surface area contributed by atoms with Crippen molar-refractivity contribution in [2.75, 3.05) is 18.9 Å². The molecule has 0 aliphatic carbocycles. The molecule has 1 aromatic carbocycles. The number of ketones is 1. The molecule has 1 heterocycles. The largest absolute Gasteiger partial charge is 0.450 e. The molecule has 1 amide bonds. The molecule has 1 atom stereocenters. The molecule has 0 spiro atoms. The van der Waals surface area contributed by atoms with E-state index in [1.807, 2.05) is 6.92 Å². The second kappa shape index (κ2) is 7.12. The molecule has 0 aromatic heterocycles. The molecule has 7 heteroatoms. The van der Waals surface area contributed by atoms with Gasteiger partial charge in [0.2, 0.25) is 0 Å². The number of hydrogen-bond donors (Lipinski definition) is 0. The Labute approximate surface area is 136 Å². The number of amides is 1. The Bertz CT molecular complexity index is 681. The third-order valence-corrected chi connectivity index (χ3v) is 5.49. The van der Waals surface area contributed by atoms with Gasteiger partial charge in [-0.05, 0) is 38.8 Å². The minimum absolute atomic E-state index is 0.122. The van der Waals surface area contributed by atoms with Crippen molar-refractivity contribution in [3.05, 3.63) is 29.8 Å². The van der Waals surface area contributed by atoms with E-state index in [1.165, 1.54) is 17.0 Å². The van der Waals surface area contributed by atoms with Crippen LogP contribution in [0.5, 0.6) is 0 Å². The monoisotopic (exact) mass is 339 g/mol. The van der Waals surface area contributed by atoms with Crippen LogP contribution in [0, 0.1) is 6.92 Å². The van der Waals surface area contributed by atoms with E-state index in [9.17, 15) is 18.0 Å². The summed E-state index contributed by atoms with van der Waals surface area (Å²) in [7, 11) is -3.70. The first-order chi connectivity index (χ1) is 10.8. The summed E-state index contributed by atoms with van der Waals surface area (Å²) in [4.78, 5) is 25.7. The number of ether oxygens (including phenoxy) is 1. The van der Waals surface area contributed by atoms with Crippen molar-refractivity contribution in [2.24, 2.45) is 0 Å². The lowest BCUT2D eigenvalue weighted by molar-refractivity contribution is -0.120. The molecule has 1 aliphatic rings. The number of Topliss-reactive ketones (excluding diaryl/α,β-unsaturated/α-hetero) is 1. The number of rotatable bonds is 5. The maximum atomic E-state index is 12.4. The van der Waals surface area contributed by atoms with Crippen LogP contribution >= 0.6 is 0 Å². The molecule has 0 radical (unpaired) electrons. The third kappa shape index (κ3) is 4.10. The van der Waals surface area contributed by atoms with Gasteiger partial charge in [-0.15, -0.1) is 0 Å². The number of sulfone groups is 1. The van der Waals surface area contributed by atoms with Gasteiger partial charge in [-0.2, -0.15) is 0 Å². The molecule has 1 fully saturated rings. The van der Waals surface area contributed by atoms with Gasteiger partial charge in [-0.3, -0.25) is 9.69 Å². The van der Waals surface area contributed by atoms with Gasteiger partial charge >= 0.3 is 6.09 Å². The standard InChI is InChI=1S/C16H21NO5S/c1-3-22-16(19)17-10-4-5-14(17)15(18)11-23(20,21)13-8-6-12(2)7-9-13/h6-9,14H,3-5,10-11H2,1-2H3/t14-/m0/s1. The van der Waals surface area contributed by atoms with Crippen LogP contribution in [-0.4, -0.2) is 50.1 Å². The molecule has 1 aliphatic heterocycles. The minimum Gasteiger partial charge on any atom is -0.450 e. The van der Waals surface area contributed by atoms with E-state index in [1.54, 1.807) is 19.1 Å². The fraction of sp³-hybridized carbons (Fsp3) is 0.500. The van der Waals surface area contributed by atoms with Crippen molar-refractivity contribution in [2.45, 2.75) is 37.6 Å². The third-order valence-electron chi connectivity index (χ3n) is 3.84. The van der Waals surface area contributed by atoms with E-state index in [4.69, 9.17) is 4.74 Å². The van der Waals surface area contributed by atoms with Crippen LogP contribution < -0.4 is 0 Å². The second-order valence-electron chi connectivity index (χ2n) is 5.59. The van der Waals surface area contributed by atoms with Gasteiger partial charge in [0.25, 0.3) is 0 Å². The predicted molar refractivity (Wildman–Crippen MR) is 85.0 cm³/mol. The molecule has 0 N–H and O–H groups in total. The topological polar surface area (TPSA) is 80.8 Å². The van der Waals surface area contributed by atoms with Crippen LogP contribution in [0.15, 0.2) is 29.2 Å². The zero-order chi connectivity index (χ0) is 17.0. The van der Waals surface area contributed by atoms with Gasteiger partial charge in [0.1, 0.15) is 5.75 Å². The molecule has 1 aromatic rings. The fourth-order valence-corrected chi connectivity index (χ4v) is 3.92. The highest BCUT2D eigenvalue weighted by molar-refractivity contribution is 7.92. The van der Waals surface area contributed by atoms with Crippen LogP contribution in [0.25, 0.3) is 0 Å². The second-order valence-corrected chi connectivity index (χ2v) is 7.58. The summed E-state index contributed by atoms with van der Waals surface area (Å²) in [5, 5.41) is 0. The number of hydrogen-bond acceptors (Lipinski definition) is 5. The van der Waals surface area contributed by atoms with Crippen molar-refractivity contribution >= 4 is 21.7 Å². The van der Waals surface area contributed by atoms with Crippen molar-refractivity contribution in [1.82, 2.24) is 4.90 Å². The van der Waals surface area contributed by atoms with E-state index in [-0.39, 0.29) is 11.5 Å². The summed E-state index contributed by atoms with van der Waals surface area (Å²) in [6, 6.07) is 5.66. The van der Waals surface area contributed by atoms with Crippen molar-refractivity contribution in [3.8, 4) is 0 Å². The van der Waals surface area contributed by atoms with Crippen molar-refractivity contribution in [1.29, 1.82) is 0 Å². The fourth-order valence-electron chi connectivity index (χ4n) is 2.64. The summed E-state index contributed by atoms with van der Waals surface area (Å²) in [5.41, 5.74) is 0.944. The number of likely N-dealkylation sites (tertiary alicyclic amines) is 1. The molecule has 1 saturated heterocycles. The van der Waals surface area contributed by atoms with E-state index in [2.05, 4.69) is 0 Å². The van der Waals surface area contributed by atoms with Crippen LogP contribution in [0.2, 0.25) is 0 Å². The van der Waals surface area contributed by atoms with Gasteiger partial charge in [0.15, 0.2) is 15.6 Å². The Morgan fingerprint density at radius 1 is 1.26 bits per heavy atom. The average molecular weight is 339 g/mol. The molecule has 23 heavy (non-hydrogen) atoms. The predicted octanol–water partition coefficient (Wildman–Crippen LogP) is 1.96. The Morgan fingerprint density at radius 2 is 1.91 bits per heavy atom. The maximum Gasteiger partial charge on any atom is 0.410 e. The molecule has 0 saturated carbocycles. The molecule has 0 unspecified atom stereocenters. The summed E-state index contributed by atoms with van der Waals surface area (Å²) >= 11 is 0. The zero-order valence-electron chi connectivity index (χ0n) is 13.3. The lowest BCUT2D eigenvalue weighted by atomic mass is 10.1. The number of nitrogens with zero attached hydrogens (tertiary/aromatic N) is 1. The van der Waals surface area contributed by atoms with Gasteiger partial charge in [-0.25, -0.2) is 13.2 Å². The molecule has 126 valence electrons. The molecule has 6 nitrogen and oxygen atoms in total. The summed E-state index contributed by atoms with van der Waals surface area (Å²) in [6.07, 6.45) is 0.581. The highest BCUT2D eigenvalue weighted by Crippen LogP contribution is 2.21. The number of carbonyl (C=O) groups excluding carboxylic acids is 2. The molecule has 0 bridgehead atoms. The lowest BCUT2D eigenvalue weighted by Crippen LogP contribution is -2.43. The summed E-state index contributed by atoms with van der Waals surface area (Å²) < 4.78 is 29.6. The van der Waals surface area contributed by atoms with Gasteiger partial charge in [0, 0.05) is 6.54 Å². The molecule has 2 rings (SSSR count). The van der Waals surface area contributed by atoms with E-state index < -0.39 is 33.5 Å². The summed E-state index contributed by atoms with van der Waals surface area (Å²) in [5.74, 6) is -1.06. The SMILES string of the molecule is CCOC(=O)N1CCC[C@H]1C(=O)CS(=O)(=O)c1ccc(C)cc1. The minimum atomic E-state index is -3.70. The van der Waals surface area contributed by atoms with E-state index in [0.29, 0.717) is 19.4 Å².